The lowest BCUT2D eigenvalue weighted by atomic mass is 10.0. The van der Waals surface area contributed by atoms with Gasteiger partial charge in [0.25, 0.3) is 0 Å². The fourth-order valence-electron chi connectivity index (χ4n) is 2.63. The van der Waals surface area contributed by atoms with Crippen molar-refractivity contribution in [2.24, 2.45) is 0 Å². The molecule has 134 valence electrons. The molecule has 0 spiro atoms. The van der Waals surface area contributed by atoms with Crippen molar-refractivity contribution >= 4 is 5.82 Å². The smallest absolute Gasteiger partial charge is 0.370 e. The molecule has 4 nitrogen and oxygen atoms in total. The highest BCUT2D eigenvalue weighted by Gasteiger charge is 2.32. The zero-order valence-electron chi connectivity index (χ0n) is 14.1. The van der Waals surface area contributed by atoms with Crippen molar-refractivity contribution in [2.45, 2.75) is 19.5 Å². The maximum Gasteiger partial charge on any atom is 0.416 e. The van der Waals surface area contributed by atoms with Gasteiger partial charge >= 0.3 is 6.18 Å². The highest BCUT2D eigenvalue weighted by molar-refractivity contribution is 5.56. The van der Waals surface area contributed by atoms with Crippen molar-refractivity contribution < 1.29 is 13.2 Å². The van der Waals surface area contributed by atoms with E-state index in [2.05, 4.69) is 20.3 Å². The van der Waals surface area contributed by atoms with Gasteiger partial charge < -0.3 is 5.32 Å². The van der Waals surface area contributed by atoms with Gasteiger partial charge in [0.1, 0.15) is 5.82 Å². The molecule has 0 saturated heterocycles. The van der Waals surface area contributed by atoms with Crippen LogP contribution in [0.3, 0.4) is 0 Å². The Balaban J connectivity index is 1.73. The zero-order chi connectivity index (χ0) is 18.6. The van der Waals surface area contributed by atoms with Gasteiger partial charge in [0, 0.05) is 36.3 Å². The molecule has 0 aliphatic carbocycles. The van der Waals surface area contributed by atoms with Crippen molar-refractivity contribution in [3.8, 4) is 11.4 Å². The number of nitrogens with one attached hydrogen (secondary N) is 1. The third-order valence-corrected chi connectivity index (χ3v) is 3.82. The number of halogens is 3. The van der Waals surface area contributed by atoms with Crippen LogP contribution < -0.4 is 5.32 Å². The summed E-state index contributed by atoms with van der Waals surface area (Å²) in [5.41, 5.74) is 1.25. The number of anilines is 1. The van der Waals surface area contributed by atoms with Crippen LogP contribution in [-0.2, 0) is 12.6 Å². The summed E-state index contributed by atoms with van der Waals surface area (Å²) in [6, 6.07) is 11.0. The van der Waals surface area contributed by atoms with Crippen molar-refractivity contribution in [1.29, 1.82) is 0 Å². The van der Waals surface area contributed by atoms with Gasteiger partial charge in [-0.15, -0.1) is 0 Å². The van der Waals surface area contributed by atoms with E-state index in [0.29, 0.717) is 18.2 Å². The van der Waals surface area contributed by atoms with Crippen LogP contribution in [0.15, 0.2) is 54.9 Å². The Morgan fingerprint density at radius 3 is 2.46 bits per heavy atom. The molecule has 0 radical (unpaired) electrons. The first kappa shape index (κ1) is 17.8. The lowest BCUT2D eigenvalue weighted by Crippen LogP contribution is -2.13. The maximum atomic E-state index is 13.0. The number of rotatable bonds is 5. The lowest BCUT2D eigenvalue weighted by molar-refractivity contribution is -0.138. The van der Waals surface area contributed by atoms with Gasteiger partial charge in [-0.1, -0.05) is 18.2 Å². The van der Waals surface area contributed by atoms with Crippen LogP contribution in [0.25, 0.3) is 11.4 Å². The molecule has 0 aliphatic heterocycles. The van der Waals surface area contributed by atoms with E-state index in [1.54, 1.807) is 36.7 Å². The van der Waals surface area contributed by atoms with E-state index in [-0.39, 0.29) is 12.0 Å². The normalized spacial score (nSPS) is 11.4. The van der Waals surface area contributed by atoms with Crippen LogP contribution in [0.4, 0.5) is 19.0 Å². The molecule has 0 fully saturated rings. The maximum absolute atomic E-state index is 13.0. The first-order valence-electron chi connectivity index (χ1n) is 8.08. The third kappa shape index (κ3) is 4.36. The van der Waals surface area contributed by atoms with Crippen molar-refractivity contribution in [3.05, 3.63) is 71.7 Å². The Morgan fingerprint density at radius 2 is 1.73 bits per heavy atom. The molecule has 7 heteroatoms. The van der Waals surface area contributed by atoms with Gasteiger partial charge in [-0.25, -0.2) is 9.97 Å². The summed E-state index contributed by atoms with van der Waals surface area (Å²) >= 11 is 0. The molecule has 0 bridgehead atoms. The largest absolute Gasteiger partial charge is 0.416 e. The third-order valence-electron chi connectivity index (χ3n) is 3.82. The minimum absolute atomic E-state index is 0.239. The molecule has 3 aromatic rings. The van der Waals surface area contributed by atoms with Crippen LogP contribution >= 0.6 is 0 Å². The summed E-state index contributed by atoms with van der Waals surface area (Å²) < 4.78 is 39.1. The van der Waals surface area contributed by atoms with Crippen molar-refractivity contribution in [2.75, 3.05) is 11.9 Å². The SMILES string of the molecule is Cc1cc(NCCc2ccccc2C(F)(F)F)nc(-c2ccncc2)n1. The van der Waals surface area contributed by atoms with E-state index < -0.39 is 11.7 Å². The number of aromatic nitrogens is 3. The molecule has 0 atom stereocenters. The predicted octanol–water partition coefficient (Wildman–Crippen LogP) is 4.52. The fraction of sp³-hybridized carbons (Fsp3) is 0.211. The second-order valence-electron chi connectivity index (χ2n) is 5.79. The zero-order valence-corrected chi connectivity index (χ0v) is 14.1. The molecule has 0 unspecified atom stereocenters. The molecule has 1 N–H and O–H groups in total. The highest BCUT2D eigenvalue weighted by Crippen LogP contribution is 2.32. The minimum atomic E-state index is -4.35. The average molecular weight is 358 g/mol. The quantitative estimate of drug-likeness (QED) is 0.729. The second kappa shape index (κ2) is 7.51. The Bertz CT molecular complexity index is 879. The molecule has 0 saturated carbocycles. The van der Waals surface area contributed by atoms with Crippen molar-refractivity contribution in [1.82, 2.24) is 15.0 Å². The molecular weight excluding hydrogens is 341 g/mol. The highest BCUT2D eigenvalue weighted by atomic mass is 19.4. The van der Waals surface area contributed by atoms with Crippen LogP contribution in [0, 0.1) is 6.92 Å². The number of pyridine rings is 1. The fourth-order valence-corrected chi connectivity index (χ4v) is 2.63. The molecule has 2 heterocycles. The molecule has 1 aromatic carbocycles. The molecule has 3 rings (SSSR count). The van der Waals surface area contributed by atoms with Gasteiger partial charge in [0.05, 0.1) is 5.56 Å². The molecule has 26 heavy (non-hydrogen) atoms. The Hall–Kier alpha value is -2.96. The van der Waals surface area contributed by atoms with Crippen LogP contribution in [0.2, 0.25) is 0 Å². The summed E-state index contributed by atoms with van der Waals surface area (Å²) in [6.45, 7) is 2.18. The average Bonchev–Trinajstić information content (AvgIpc) is 2.62. The minimum Gasteiger partial charge on any atom is -0.370 e. The van der Waals surface area contributed by atoms with E-state index in [9.17, 15) is 13.2 Å². The van der Waals surface area contributed by atoms with E-state index in [1.165, 1.54) is 12.1 Å². The Kier molecular flexibility index (Phi) is 5.16. The molecule has 0 amide bonds. The van der Waals surface area contributed by atoms with Crippen molar-refractivity contribution in [3.63, 3.8) is 0 Å². The number of alkyl halides is 3. The van der Waals surface area contributed by atoms with Crippen LogP contribution in [0.1, 0.15) is 16.8 Å². The number of hydrogen-bond acceptors (Lipinski definition) is 4. The standard InChI is InChI=1S/C19H17F3N4/c1-13-12-17(26-18(25-13)15-6-9-23-10-7-15)24-11-8-14-4-2-3-5-16(14)19(20,21)22/h2-7,9-10,12H,8,11H2,1H3,(H,24,25,26). The molecular formula is C19H17F3N4. The van der Waals surface area contributed by atoms with Gasteiger partial charge in [-0.2, -0.15) is 13.2 Å². The van der Waals surface area contributed by atoms with E-state index in [4.69, 9.17) is 0 Å². The summed E-state index contributed by atoms with van der Waals surface area (Å²) in [4.78, 5) is 12.8. The van der Waals surface area contributed by atoms with E-state index in [0.717, 1.165) is 17.3 Å². The van der Waals surface area contributed by atoms with Gasteiger partial charge in [0.2, 0.25) is 0 Å². The molecule has 2 aromatic heterocycles. The van der Waals surface area contributed by atoms with Gasteiger partial charge in [-0.3, -0.25) is 4.98 Å². The Morgan fingerprint density at radius 1 is 1.00 bits per heavy atom. The topological polar surface area (TPSA) is 50.7 Å². The number of benzene rings is 1. The first-order valence-corrected chi connectivity index (χ1v) is 8.08. The predicted molar refractivity (Wildman–Crippen MR) is 93.6 cm³/mol. The number of aryl methyl sites for hydroxylation is 1. The summed E-state index contributed by atoms with van der Waals surface area (Å²) in [5.74, 6) is 1.12. The lowest BCUT2D eigenvalue weighted by Gasteiger charge is -2.13. The van der Waals surface area contributed by atoms with E-state index >= 15 is 0 Å². The first-order chi connectivity index (χ1) is 12.4. The second-order valence-corrected chi connectivity index (χ2v) is 5.79. The summed E-state index contributed by atoms with van der Waals surface area (Å²) in [5, 5.41) is 3.09. The number of hydrogen-bond donors (Lipinski definition) is 1. The summed E-state index contributed by atoms with van der Waals surface area (Å²) in [6.07, 6.45) is -0.801. The van der Waals surface area contributed by atoms with Crippen LogP contribution in [-0.4, -0.2) is 21.5 Å². The van der Waals surface area contributed by atoms with E-state index in [1.807, 2.05) is 6.92 Å². The number of nitrogens with zero attached hydrogens (tertiary/aromatic N) is 3. The van der Waals surface area contributed by atoms with Gasteiger partial charge in [0.15, 0.2) is 5.82 Å². The summed E-state index contributed by atoms with van der Waals surface area (Å²) in [7, 11) is 0. The van der Waals surface area contributed by atoms with Gasteiger partial charge in [-0.05, 0) is 37.1 Å². The molecule has 0 aliphatic rings. The monoisotopic (exact) mass is 358 g/mol. The van der Waals surface area contributed by atoms with Crippen LogP contribution in [0.5, 0.6) is 0 Å². The Labute approximate surface area is 149 Å².